The zero-order valence-electron chi connectivity index (χ0n) is 18.3. The second-order valence-electron chi connectivity index (χ2n) is 7.13. The lowest BCUT2D eigenvalue weighted by molar-refractivity contribution is -0.146. The number of carbonyl (C=O) groups is 2. The third-order valence-electron chi connectivity index (χ3n) is 4.62. The number of ether oxygens (including phenoxy) is 1. The van der Waals surface area contributed by atoms with Gasteiger partial charge in [0.1, 0.15) is 24.1 Å². The van der Waals surface area contributed by atoms with Crippen LogP contribution in [0.2, 0.25) is 0 Å². The topological polar surface area (TPSA) is 107 Å². The molecule has 2 unspecified atom stereocenters. The summed E-state index contributed by atoms with van der Waals surface area (Å²) >= 11 is 0. The molecule has 3 aromatic rings. The lowest BCUT2D eigenvalue weighted by Gasteiger charge is -2.22. The highest BCUT2D eigenvalue weighted by molar-refractivity contribution is 7.45. The van der Waals surface area contributed by atoms with Crippen LogP contribution in [0.25, 0.3) is 0 Å². The van der Waals surface area contributed by atoms with Crippen LogP contribution in [0, 0.1) is 6.92 Å². The molecule has 8 nitrogen and oxygen atoms in total. The molecule has 0 amide bonds. The minimum Gasteiger partial charge on any atom is -0.505 e. The first kappa shape index (κ1) is 24.3. The molecule has 2 atom stereocenters. The maximum absolute atomic E-state index is 12.5. The van der Waals surface area contributed by atoms with Crippen molar-refractivity contribution in [3.05, 3.63) is 89.2 Å². The second kappa shape index (κ2) is 12.1. The van der Waals surface area contributed by atoms with Crippen molar-refractivity contribution in [1.29, 1.82) is 0 Å². The highest BCUT2D eigenvalue weighted by Gasteiger charge is 2.24. The van der Waals surface area contributed by atoms with Gasteiger partial charge in [-0.1, -0.05) is 48.5 Å². The zero-order chi connectivity index (χ0) is 23.6. The van der Waals surface area contributed by atoms with E-state index in [1.807, 2.05) is 48.5 Å². The van der Waals surface area contributed by atoms with Crippen molar-refractivity contribution in [1.82, 2.24) is 10.1 Å². The summed E-state index contributed by atoms with van der Waals surface area (Å²) in [5, 5.41) is 13.1. The Kier molecular flexibility index (Phi) is 8.89. The molecule has 0 bridgehead atoms. The molecule has 3 rings (SSSR count). The normalized spacial score (nSPS) is 12.5. The summed E-state index contributed by atoms with van der Waals surface area (Å²) in [5.74, 6) is -0.110. The number of aryl methyl sites for hydroxylation is 1. The fraction of sp³-hybridized carbons (Fsp3) is 0.208. The molecule has 0 aliphatic rings. The molecule has 0 fully saturated rings. The van der Waals surface area contributed by atoms with Gasteiger partial charge in [0.2, 0.25) is 0 Å². The molecule has 1 aromatic heterocycles. The Morgan fingerprint density at radius 2 is 1.79 bits per heavy atom. The lowest BCUT2D eigenvalue weighted by Crippen LogP contribution is -2.33. The Morgan fingerprint density at radius 1 is 1.12 bits per heavy atom. The standard InChI is InChI=1S/C24H25N2O6P/c1-17-23(28)22(14-27)20(13-25-17)16-31-33(32-21-11-7-4-8-12-21)26-18(2)24(29)30-15-19-9-5-3-6-10-19/h3-14,18,26,28H,15-16H2,1-2H3. The van der Waals surface area contributed by atoms with Gasteiger partial charge in [-0.25, -0.2) is 5.09 Å². The molecule has 0 saturated heterocycles. The number of nitrogens with one attached hydrogen (secondary N) is 1. The van der Waals surface area contributed by atoms with Crippen molar-refractivity contribution in [3.63, 3.8) is 0 Å². The van der Waals surface area contributed by atoms with E-state index in [1.54, 1.807) is 26.0 Å². The predicted molar refractivity (Wildman–Crippen MR) is 124 cm³/mol. The van der Waals surface area contributed by atoms with Crippen LogP contribution in [-0.2, 0) is 27.3 Å². The average molecular weight is 468 g/mol. The number of nitrogens with zero attached hydrogens (tertiary/aromatic N) is 1. The van der Waals surface area contributed by atoms with Gasteiger partial charge in [-0.15, -0.1) is 0 Å². The Bertz CT molecular complexity index is 1070. The third-order valence-corrected chi connectivity index (χ3v) is 5.96. The fourth-order valence-corrected chi connectivity index (χ4v) is 3.93. The molecule has 9 heteroatoms. The monoisotopic (exact) mass is 468 g/mol. The van der Waals surface area contributed by atoms with E-state index in [1.165, 1.54) is 6.20 Å². The molecule has 2 N–H and O–H groups in total. The molecule has 2 aromatic carbocycles. The molecule has 172 valence electrons. The van der Waals surface area contributed by atoms with Crippen LogP contribution < -0.4 is 9.61 Å². The fourth-order valence-electron chi connectivity index (χ4n) is 2.76. The first-order chi connectivity index (χ1) is 16.0. The maximum atomic E-state index is 12.5. The molecule has 1 heterocycles. The Morgan fingerprint density at radius 3 is 2.45 bits per heavy atom. The van der Waals surface area contributed by atoms with Crippen LogP contribution in [0.15, 0.2) is 66.9 Å². The van der Waals surface area contributed by atoms with E-state index >= 15 is 0 Å². The number of aromatic hydroxyl groups is 1. The van der Waals surface area contributed by atoms with Crippen molar-refractivity contribution in [3.8, 4) is 11.5 Å². The minimum absolute atomic E-state index is 0.0633. The molecular weight excluding hydrogens is 443 g/mol. The number of para-hydroxylation sites is 1. The summed E-state index contributed by atoms with van der Waals surface area (Å²) in [6, 6.07) is 17.6. The van der Waals surface area contributed by atoms with E-state index < -0.39 is 20.5 Å². The number of benzene rings is 2. The van der Waals surface area contributed by atoms with Gasteiger partial charge in [-0.3, -0.25) is 14.6 Å². The quantitative estimate of drug-likeness (QED) is 0.241. The van der Waals surface area contributed by atoms with Gasteiger partial charge < -0.3 is 18.9 Å². The molecule has 0 saturated carbocycles. The van der Waals surface area contributed by atoms with Crippen LogP contribution in [0.1, 0.15) is 34.1 Å². The van der Waals surface area contributed by atoms with Crippen LogP contribution in [-0.4, -0.2) is 28.4 Å². The molecule has 33 heavy (non-hydrogen) atoms. The van der Waals surface area contributed by atoms with Gasteiger partial charge in [-0.05, 0) is 31.5 Å². The predicted octanol–water partition coefficient (Wildman–Crippen LogP) is 4.45. The Balaban J connectivity index is 1.67. The number of hydrogen-bond acceptors (Lipinski definition) is 8. The molecule has 0 aliphatic carbocycles. The number of hydrogen-bond donors (Lipinski definition) is 2. The van der Waals surface area contributed by atoms with Crippen LogP contribution in [0.4, 0.5) is 0 Å². The smallest absolute Gasteiger partial charge is 0.323 e. The van der Waals surface area contributed by atoms with E-state index in [-0.39, 0.29) is 24.5 Å². The summed E-state index contributed by atoms with van der Waals surface area (Å²) in [6.07, 6.45) is 2.02. The van der Waals surface area contributed by atoms with Crippen molar-refractivity contribution in [2.45, 2.75) is 33.1 Å². The second-order valence-corrected chi connectivity index (χ2v) is 8.34. The van der Waals surface area contributed by atoms with Gasteiger partial charge in [0.25, 0.3) is 0 Å². The highest BCUT2D eigenvalue weighted by Crippen LogP contribution is 2.38. The van der Waals surface area contributed by atoms with Crippen LogP contribution in [0.5, 0.6) is 11.5 Å². The number of aromatic nitrogens is 1. The minimum atomic E-state index is -1.81. The maximum Gasteiger partial charge on any atom is 0.323 e. The Labute approximate surface area is 193 Å². The highest BCUT2D eigenvalue weighted by atomic mass is 31.2. The summed E-state index contributed by atoms with van der Waals surface area (Å²) in [6.45, 7) is 3.34. The van der Waals surface area contributed by atoms with E-state index in [4.69, 9.17) is 13.8 Å². The summed E-state index contributed by atoms with van der Waals surface area (Å²) in [7, 11) is -1.81. The number of aldehydes is 1. The molecule has 0 aliphatic heterocycles. The lowest BCUT2D eigenvalue weighted by atomic mass is 10.1. The first-order valence-electron chi connectivity index (χ1n) is 10.2. The zero-order valence-corrected chi connectivity index (χ0v) is 19.2. The molecule has 0 radical (unpaired) electrons. The molecular formula is C24H25N2O6P. The van der Waals surface area contributed by atoms with Gasteiger partial charge in [0.05, 0.1) is 17.9 Å². The molecule has 0 spiro atoms. The van der Waals surface area contributed by atoms with Gasteiger partial charge in [0, 0.05) is 11.8 Å². The van der Waals surface area contributed by atoms with E-state index in [0.717, 1.165) is 5.56 Å². The van der Waals surface area contributed by atoms with Crippen molar-refractivity contribution >= 4 is 20.8 Å². The summed E-state index contributed by atoms with van der Waals surface area (Å²) in [5.41, 5.74) is 1.73. The first-order valence-corrected chi connectivity index (χ1v) is 11.4. The van der Waals surface area contributed by atoms with E-state index in [2.05, 4.69) is 10.1 Å². The van der Waals surface area contributed by atoms with Crippen molar-refractivity contribution in [2.24, 2.45) is 0 Å². The number of pyridine rings is 1. The number of carbonyl (C=O) groups excluding carboxylic acids is 2. The van der Waals surface area contributed by atoms with Crippen LogP contribution >= 0.6 is 8.53 Å². The SMILES string of the molecule is Cc1ncc(COP(NC(C)C(=O)OCc2ccccc2)Oc2ccccc2)c(C=O)c1O. The average Bonchev–Trinajstić information content (AvgIpc) is 2.84. The summed E-state index contributed by atoms with van der Waals surface area (Å²) < 4.78 is 17.1. The van der Waals surface area contributed by atoms with Gasteiger partial charge >= 0.3 is 14.5 Å². The third kappa shape index (κ3) is 7.08. The van der Waals surface area contributed by atoms with E-state index in [9.17, 15) is 14.7 Å². The van der Waals surface area contributed by atoms with E-state index in [0.29, 0.717) is 23.3 Å². The Hall–Kier alpha value is -3.32. The summed E-state index contributed by atoms with van der Waals surface area (Å²) in [4.78, 5) is 28.0. The van der Waals surface area contributed by atoms with Crippen molar-refractivity contribution in [2.75, 3.05) is 0 Å². The number of rotatable bonds is 11. The van der Waals surface area contributed by atoms with Gasteiger partial charge in [0.15, 0.2) is 6.29 Å². The van der Waals surface area contributed by atoms with Gasteiger partial charge in [-0.2, -0.15) is 0 Å². The van der Waals surface area contributed by atoms with Crippen LogP contribution in [0.3, 0.4) is 0 Å². The van der Waals surface area contributed by atoms with Crippen molar-refractivity contribution < 1.29 is 28.5 Å². The largest absolute Gasteiger partial charge is 0.505 e. The number of esters is 1.